The number of anilines is 3. The summed E-state index contributed by atoms with van der Waals surface area (Å²) in [7, 11) is 4.71. The minimum atomic E-state index is -2.29. The van der Waals surface area contributed by atoms with E-state index in [1.54, 1.807) is 78.7 Å². The van der Waals surface area contributed by atoms with Crippen LogP contribution in [0.4, 0.5) is 17.5 Å². The molecule has 0 saturated heterocycles. The summed E-state index contributed by atoms with van der Waals surface area (Å²) in [6, 6.07) is 18.1. The number of nitrogens with zero attached hydrogens (tertiary/aromatic N) is 3. The SMILES string of the molecule is COc1ccccc1C#CC1N(C)c2cccc(Cc3cnc(N)nc3N)c2C(=O)C1(C#Cc1ccccc1OC)C(=O)O. The minimum Gasteiger partial charge on any atom is -0.495 e. The van der Waals surface area contributed by atoms with Crippen LogP contribution in [0.5, 0.6) is 11.5 Å². The molecule has 0 saturated carbocycles. The number of fused-ring (bicyclic) bond motifs is 1. The summed E-state index contributed by atoms with van der Waals surface area (Å²) in [4.78, 5) is 37.8. The Balaban J connectivity index is 1.75. The molecule has 0 amide bonds. The summed E-state index contributed by atoms with van der Waals surface area (Å²) in [5.74, 6) is 10.9. The van der Waals surface area contributed by atoms with Crippen molar-refractivity contribution in [1.82, 2.24) is 9.97 Å². The molecule has 0 radical (unpaired) electrons. The lowest BCUT2D eigenvalue weighted by Gasteiger charge is -2.42. The first-order valence-electron chi connectivity index (χ1n) is 13.5. The molecular formula is C34H29N5O5. The molecule has 2 heterocycles. The van der Waals surface area contributed by atoms with Gasteiger partial charge in [0, 0.05) is 36.5 Å². The highest BCUT2D eigenvalue weighted by Crippen LogP contribution is 2.43. The van der Waals surface area contributed by atoms with Gasteiger partial charge in [0.05, 0.1) is 25.3 Å². The van der Waals surface area contributed by atoms with Gasteiger partial charge in [0.2, 0.25) is 11.4 Å². The number of carboxylic acids is 1. The van der Waals surface area contributed by atoms with E-state index < -0.39 is 23.2 Å². The quantitative estimate of drug-likeness (QED) is 0.234. The standard InChI is InChI=1S/C34H29N5O5/c1-39-25-12-8-11-23(19-24-20-37-33(36)38-31(24)35)29(25)30(40)34(32(41)42,18-17-22-10-5-7-14-27(22)44-3)28(39)16-15-21-9-4-6-13-26(21)43-2/h4-14,20,28H,19H2,1-3H3,(H,41,42)(H4,35,36,37,38). The summed E-state index contributed by atoms with van der Waals surface area (Å²) in [6.45, 7) is 0. The van der Waals surface area contributed by atoms with Crippen LogP contribution >= 0.6 is 0 Å². The average molecular weight is 588 g/mol. The maximum Gasteiger partial charge on any atom is 0.333 e. The Hall–Kier alpha value is -6.00. The molecule has 5 rings (SSSR count). The number of hydrogen-bond acceptors (Lipinski definition) is 9. The van der Waals surface area contributed by atoms with Crippen LogP contribution < -0.4 is 25.8 Å². The summed E-state index contributed by atoms with van der Waals surface area (Å²) in [5.41, 5.74) is 12.2. The third-order valence-corrected chi connectivity index (χ3v) is 7.48. The summed E-state index contributed by atoms with van der Waals surface area (Å²) in [5, 5.41) is 10.9. The van der Waals surface area contributed by atoms with Gasteiger partial charge in [-0.05, 0) is 35.9 Å². The molecule has 2 atom stereocenters. The molecule has 1 aliphatic rings. The van der Waals surface area contributed by atoms with Crippen LogP contribution in [-0.4, -0.2) is 54.1 Å². The Bertz CT molecular complexity index is 1900. The first-order valence-corrected chi connectivity index (χ1v) is 13.5. The minimum absolute atomic E-state index is 0.0186. The van der Waals surface area contributed by atoms with Crippen molar-refractivity contribution in [2.45, 2.75) is 12.5 Å². The van der Waals surface area contributed by atoms with Crippen molar-refractivity contribution in [2.75, 3.05) is 37.6 Å². The van der Waals surface area contributed by atoms with E-state index in [1.807, 2.05) is 0 Å². The largest absolute Gasteiger partial charge is 0.495 e. The molecule has 10 heteroatoms. The van der Waals surface area contributed by atoms with Crippen molar-refractivity contribution in [3.8, 4) is 35.2 Å². The molecule has 44 heavy (non-hydrogen) atoms. The summed E-state index contributed by atoms with van der Waals surface area (Å²) >= 11 is 0. The van der Waals surface area contributed by atoms with Crippen molar-refractivity contribution < 1.29 is 24.2 Å². The number of hydrogen-bond donors (Lipinski definition) is 3. The van der Waals surface area contributed by atoms with Gasteiger partial charge in [-0.1, -0.05) is 60.1 Å². The molecule has 0 fully saturated rings. The van der Waals surface area contributed by atoms with E-state index in [2.05, 4.69) is 33.6 Å². The first kappa shape index (κ1) is 29.5. The van der Waals surface area contributed by atoms with Crippen LogP contribution in [0.25, 0.3) is 0 Å². The molecule has 3 aromatic carbocycles. The summed E-state index contributed by atoms with van der Waals surface area (Å²) < 4.78 is 10.9. The number of aromatic nitrogens is 2. The number of ketones is 1. The van der Waals surface area contributed by atoms with Crippen LogP contribution in [0.1, 0.15) is 32.6 Å². The lowest BCUT2D eigenvalue weighted by Crippen LogP contribution is -2.58. The van der Waals surface area contributed by atoms with E-state index in [-0.39, 0.29) is 23.8 Å². The highest BCUT2D eigenvalue weighted by atomic mass is 16.5. The molecule has 5 N–H and O–H groups in total. The molecule has 0 aliphatic carbocycles. The van der Waals surface area contributed by atoms with E-state index in [4.69, 9.17) is 20.9 Å². The molecule has 0 bridgehead atoms. The number of methoxy groups -OCH3 is 2. The van der Waals surface area contributed by atoms with Gasteiger partial charge in [-0.25, -0.2) is 9.78 Å². The number of nitrogen functional groups attached to an aromatic ring is 2. The topological polar surface area (TPSA) is 154 Å². The normalized spacial score (nSPS) is 16.9. The predicted octanol–water partition coefficient (Wildman–Crippen LogP) is 3.42. The molecule has 0 spiro atoms. The molecule has 1 aromatic heterocycles. The zero-order valence-corrected chi connectivity index (χ0v) is 24.3. The fourth-order valence-corrected chi connectivity index (χ4v) is 5.22. The van der Waals surface area contributed by atoms with Gasteiger partial charge in [-0.15, -0.1) is 0 Å². The van der Waals surface area contributed by atoms with E-state index in [9.17, 15) is 14.7 Å². The van der Waals surface area contributed by atoms with E-state index in [0.29, 0.717) is 39.4 Å². The Morgan fingerprint density at radius 1 is 0.955 bits per heavy atom. The Morgan fingerprint density at radius 2 is 1.59 bits per heavy atom. The van der Waals surface area contributed by atoms with Gasteiger partial charge in [0.15, 0.2) is 5.78 Å². The maximum absolute atomic E-state index is 14.7. The van der Waals surface area contributed by atoms with Crippen LogP contribution in [0.2, 0.25) is 0 Å². The van der Waals surface area contributed by atoms with Crippen LogP contribution in [0.15, 0.2) is 72.9 Å². The number of carbonyl (C=O) groups is 2. The molecular weight excluding hydrogens is 558 g/mol. The average Bonchev–Trinajstić information content (AvgIpc) is 3.03. The van der Waals surface area contributed by atoms with Crippen molar-refractivity contribution in [2.24, 2.45) is 5.41 Å². The maximum atomic E-state index is 14.7. The zero-order chi connectivity index (χ0) is 31.4. The van der Waals surface area contributed by atoms with Crippen LogP contribution in [0.3, 0.4) is 0 Å². The van der Waals surface area contributed by atoms with Gasteiger partial charge in [-0.2, -0.15) is 4.98 Å². The van der Waals surface area contributed by atoms with Gasteiger partial charge in [0.1, 0.15) is 23.4 Å². The Morgan fingerprint density at radius 3 is 2.20 bits per heavy atom. The Labute approximate surface area is 254 Å². The monoisotopic (exact) mass is 587 g/mol. The fourth-order valence-electron chi connectivity index (χ4n) is 5.22. The van der Waals surface area contributed by atoms with Gasteiger partial charge in [0.25, 0.3) is 0 Å². The molecule has 4 aromatic rings. The van der Waals surface area contributed by atoms with E-state index in [0.717, 1.165) is 0 Å². The number of Topliss-reactive ketones (excluding diaryl/α,β-unsaturated/α-hetero) is 1. The van der Waals surface area contributed by atoms with Crippen molar-refractivity contribution in [1.29, 1.82) is 0 Å². The number of nitrogens with two attached hydrogens (primary N) is 2. The molecule has 1 aliphatic heterocycles. The number of benzene rings is 3. The lowest BCUT2D eigenvalue weighted by atomic mass is 9.69. The van der Waals surface area contributed by atoms with Crippen LogP contribution in [0, 0.1) is 29.1 Å². The number of carbonyl (C=O) groups excluding carboxylic acids is 1. The Kier molecular flexibility index (Phi) is 8.10. The van der Waals surface area contributed by atoms with Crippen molar-refractivity contribution in [3.63, 3.8) is 0 Å². The van der Waals surface area contributed by atoms with Crippen molar-refractivity contribution >= 4 is 29.2 Å². The predicted molar refractivity (Wildman–Crippen MR) is 166 cm³/mol. The third kappa shape index (κ3) is 5.21. The second kappa shape index (κ2) is 12.1. The summed E-state index contributed by atoms with van der Waals surface area (Å²) in [6.07, 6.45) is 1.64. The number of rotatable bonds is 5. The second-order valence-electron chi connectivity index (χ2n) is 10.0. The molecule has 2 unspecified atom stereocenters. The van der Waals surface area contributed by atoms with Gasteiger partial charge in [-0.3, -0.25) is 4.79 Å². The van der Waals surface area contributed by atoms with Crippen molar-refractivity contribution in [3.05, 3.63) is 101 Å². The lowest BCUT2D eigenvalue weighted by molar-refractivity contribution is -0.143. The zero-order valence-electron chi connectivity index (χ0n) is 24.3. The highest BCUT2D eigenvalue weighted by molar-refractivity contribution is 6.21. The number of carboxylic acid groups (broad SMARTS) is 1. The van der Waals surface area contributed by atoms with E-state index >= 15 is 0 Å². The number of ether oxygens (including phenoxy) is 2. The smallest absolute Gasteiger partial charge is 0.333 e. The second-order valence-corrected chi connectivity index (χ2v) is 10.0. The molecule has 10 nitrogen and oxygen atoms in total. The number of para-hydroxylation sites is 2. The van der Waals surface area contributed by atoms with Gasteiger partial charge < -0.3 is 30.9 Å². The fraction of sp³-hybridized carbons (Fsp3) is 0.176. The van der Waals surface area contributed by atoms with E-state index in [1.165, 1.54) is 20.4 Å². The molecule has 220 valence electrons. The third-order valence-electron chi connectivity index (χ3n) is 7.48. The van der Waals surface area contributed by atoms with Crippen LogP contribution in [-0.2, 0) is 11.2 Å². The highest BCUT2D eigenvalue weighted by Gasteiger charge is 2.57. The first-order chi connectivity index (χ1) is 21.2. The van der Waals surface area contributed by atoms with Gasteiger partial charge >= 0.3 is 5.97 Å². The number of aliphatic carboxylic acids is 1.